The minimum Gasteiger partial charge on any atom is -0.289 e. The summed E-state index contributed by atoms with van der Waals surface area (Å²) >= 11 is 0. The molecule has 3 rings (SSSR count). The van der Waals surface area contributed by atoms with Crippen LogP contribution in [0.25, 0.3) is 12.2 Å². The maximum absolute atomic E-state index is 12.2. The molecule has 2 aromatic rings. The Balaban J connectivity index is 1.75. The van der Waals surface area contributed by atoms with Gasteiger partial charge in [0.25, 0.3) is 0 Å². The third-order valence-electron chi connectivity index (χ3n) is 3.80. The Morgan fingerprint density at radius 1 is 0.714 bits per heavy atom. The first-order valence-electron chi connectivity index (χ1n) is 7.21. The molecule has 0 amide bonds. The van der Waals surface area contributed by atoms with Crippen molar-refractivity contribution in [2.75, 3.05) is 0 Å². The molecular weight excluding hydrogens is 256 g/mol. The first-order valence-corrected chi connectivity index (χ1v) is 7.21. The molecule has 0 heterocycles. The van der Waals surface area contributed by atoms with Gasteiger partial charge in [-0.1, -0.05) is 59.7 Å². The van der Waals surface area contributed by atoms with Crippen LogP contribution in [-0.4, -0.2) is 5.78 Å². The van der Waals surface area contributed by atoms with E-state index in [0.717, 1.165) is 28.7 Å². The monoisotopic (exact) mass is 274 g/mol. The van der Waals surface area contributed by atoms with E-state index < -0.39 is 0 Å². The molecule has 104 valence electrons. The lowest BCUT2D eigenvalue weighted by Gasteiger charge is -2.20. The zero-order valence-electron chi connectivity index (χ0n) is 12.4. The highest BCUT2D eigenvalue weighted by Crippen LogP contribution is 2.31. The number of Topliss-reactive ketones (excluding diaryl/α,β-unsaturated/α-hetero) is 1. The van der Waals surface area contributed by atoms with E-state index in [9.17, 15) is 4.79 Å². The molecule has 1 aliphatic carbocycles. The van der Waals surface area contributed by atoms with Crippen LogP contribution < -0.4 is 0 Å². The van der Waals surface area contributed by atoms with Crippen molar-refractivity contribution in [2.24, 2.45) is 0 Å². The van der Waals surface area contributed by atoms with Crippen LogP contribution in [0.1, 0.15) is 28.7 Å². The number of rotatable bonds is 2. The van der Waals surface area contributed by atoms with Gasteiger partial charge < -0.3 is 0 Å². The summed E-state index contributed by atoms with van der Waals surface area (Å²) in [5.41, 5.74) is 6.46. The standard InChI is InChI=1S/C20H18O/c1-14-3-7-16(8-4-14)11-18-13-19(20(18)21)12-17-9-5-15(2)6-10-17/h3-12H,13H2,1-2H3. The minimum atomic E-state index is 0.177. The van der Waals surface area contributed by atoms with Crippen LogP contribution in [0.3, 0.4) is 0 Å². The van der Waals surface area contributed by atoms with Gasteiger partial charge in [-0.15, -0.1) is 0 Å². The zero-order valence-corrected chi connectivity index (χ0v) is 12.4. The number of aryl methyl sites for hydroxylation is 2. The zero-order chi connectivity index (χ0) is 14.8. The van der Waals surface area contributed by atoms with Gasteiger partial charge in [0.2, 0.25) is 0 Å². The third-order valence-corrected chi connectivity index (χ3v) is 3.80. The molecule has 1 saturated carbocycles. The predicted octanol–water partition coefficient (Wildman–Crippen LogP) is 4.74. The highest BCUT2D eigenvalue weighted by Gasteiger charge is 2.26. The van der Waals surface area contributed by atoms with E-state index in [0.29, 0.717) is 0 Å². The predicted molar refractivity (Wildman–Crippen MR) is 87.9 cm³/mol. The second-order valence-corrected chi connectivity index (χ2v) is 5.67. The fourth-order valence-corrected chi connectivity index (χ4v) is 2.43. The Morgan fingerprint density at radius 2 is 1.10 bits per heavy atom. The molecule has 0 bridgehead atoms. The van der Waals surface area contributed by atoms with Gasteiger partial charge in [-0.3, -0.25) is 4.79 Å². The summed E-state index contributed by atoms with van der Waals surface area (Å²) in [7, 11) is 0. The fraction of sp³-hybridized carbons (Fsp3) is 0.150. The maximum Gasteiger partial charge on any atom is 0.185 e. The van der Waals surface area contributed by atoms with Crippen LogP contribution in [0.5, 0.6) is 0 Å². The van der Waals surface area contributed by atoms with Gasteiger partial charge in [0, 0.05) is 17.6 Å². The number of hydrogen-bond acceptors (Lipinski definition) is 1. The summed E-state index contributed by atoms with van der Waals surface area (Å²) in [5.74, 6) is 0.177. The molecule has 0 unspecified atom stereocenters. The van der Waals surface area contributed by atoms with Crippen LogP contribution in [-0.2, 0) is 4.79 Å². The average Bonchev–Trinajstić information content (AvgIpc) is 2.49. The van der Waals surface area contributed by atoms with E-state index in [4.69, 9.17) is 0 Å². The maximum atomic E-state index is 12.2. The van der Waals surface area contributed by atoms with E-state index in [2.05, 4.69) is 62.4 Å². The van der Waals surface area contributed by atoms with Crippen LogP contribution in [0.4, 0.5) is 0 Å². The van der Waals surface area contributed by atoms with Crippen molar-refractivity contribution in [3.05, 3.63) is 81.9 Å². The Labute approximate surface area is 125 Å². The second kappa shape index (κ2) is 5.53. The summed E-state index contributed by atoms with van der Waals surface area (Å²) in [6.07, 6.45) is 4.75. The molecule has 0 aliphatic heterocycles. The van der Waals surface area contributed by atoms with E-state index in [-0.39, 0.29) is 5.78 Å². The number of benzene rings is 2. The van der Waals surface area contributed by atoms with Crippen LogP contribution in [0.15, 0.2) is 59.7 Å². The van der Waals surface area contributed by atoms with Gasteiger partial charge in [0.05, 0.1) is 0 Å². The minimum absolute atomic E-state index is 0.177. The number of ketones is 1. The topological polar surface area (TPSA) is 17.1 Å². The summed E-state index contributed by atoms with van der Waals surface area (Å²) in [6.45, 7) is 4.13. The number of carbonyl (C=O) groups is 1. The van der Waals surface area contributed by atoms with Gasteiger partial charge >= 0.3 is 0 Å². The first-order chi connectivity index (χ1) is 10.1. The lowest BCUT2D eigenvalue weighted by Crippen LogP contribution is -2.18. The average molecular weight is 274 g/mol. The molecule has 0 spiro atoms. The van der Waals surface area contributed by atoms with Crippen LogP contribution >= 0.6 is 0 Å². The van der Waals surface area contributed by atoms with Gasteiger partial charge in [-0.25, -0.2) is 0 Å². The lowest BCUT2D eigenvalue weighted by molar-refractivity contribution is -0.114. The van der Waals surface area contributed by atoms with E-state index in [1.54, 1.807) is 0 Å². The molecule has 1 heteroatoms. The Kier molecular flexibility index (Phi) is 3.57. The van der Waals surface area contributed by atoms with Gasteiger partial charge in [0.1, 0.15) is 0 Å². The molecule has 0 radical (unpaired) electrons. The SMILES string of the molecule is Cc1ccc(C=C2CC(=Cc3ccc(C)cc3)C2=O)cc1. The van der Waals surface area contributed by atoms with Gasteiger partial charge in [-0.05, 0) is 37.1 Å². The van der Waals surface area contributed by atoms with Crippen LogP contribution in [0.2, 0.25) is 0 Å². The van der Waals surface area contributed by atoms with Crippen molar-refractivity contribution in [3.8, 4) is 0 Å². The molecule has 21 heavy (non-hydrogen) atoms. The van der Waals surface area contributed by atoms with Crippen molar-refractivity contribution >= 4 is 17.9 Å². The molecule has 0 saturated heterocycles. The van der Waals surface area contributed by atoms with E-state index in [1.807, 2.05) is 12.2 Å². The van der Waals surface area contributed by atoms with Crippen LogP contribution in [0, 0.1) is 13.8 Å². The summed E-state index contributed by atoms with van der Waals surface area (Å²) in [4.78, 5) is 12.2. The van der Waals surface area contributed by atoms with Crippen molar-refractivity contribution in [3.63, 3.8) is 0 Å². The second-order valence-electron chi connectivity index (χ2n) is 5.67. The highest BCUT2D eigenvalue weighted by atomic mass is 16.1. The summed E-state index contributed by atoms with van der Waals surface area (Å²) in [5, 5.41) is 0. The Hall–Kier alpha value is -2.41. The largest absolute Gasteiger partial charge is 0.289 e. The number of carbonyl (C=O) groups excluding carboxylic acids is 1. The summed E-state index contributed by atoms with van der Waals surface area (Å²) in [6, 6.07) is 16.5. The quantitative estimate of drug-likeness (QED) is 0.723. The molecule has 1 aliphatic rings. The van der Waals surface area contributed by atoms with E-state index >= 15 is 0 Å². The van der Waals surface area contributed by atoms with Crippen molar-refractivity contribution < 1.29 is 4.79 Å². The molecule has 0 aromatic heterocycles. The highest BCUT2D eigenvalue weighted by molar-refractivity contribution is 6.20. The Morgan fingerprint density at radius 3 is 1.43 bits per heavy atom. The van der Waals surface area contributed by atoms with Crippen molar-refractivity contribution in [1.29, 1.82) is 0 Å². The smallest absolute Gasteiger partial charge is 0.185 e. The molecule has 2 aromatic carbocycles. The molecule has 1 nitrogen and oxygen atoms in total. The lowest BCUT2D eigenvalue weighted by atomic mass is 9.82. The molecule has 0 N–H and O–H groups in total. The number of allylic oxidation sites excluding steroid dienone is 2. The van der Waals surface area contributed by atoms with E-state index in [1.165, 1.54) is 11.1 Å². The van der Waals surface area contributed by atoms with Crippen molar-refractivity contribution in [1.82, 2.24) is 0 Å². The third kappa shape index (κ3) is 3.03. The fourth-order valence-electron chi connectivity index (χ4n) is 2.43. The molecular formula is C20H18O. The normalized spacial score (nSPS) is 18.1. The number of hydrogen-bond donors (Lipinski definition) is 0. The Bertz CT molecular complexity index is 665. The summed E-state index contributed by atoms with van der Waals surface area (Å²) < 4.78 is 0. The van der Waals surface area contributed by atoms with Crippen molar-refractivity contribution in [2.45, 2.75) is 20.3 Å². The molecule has 0 atom stereocenters. The van der Waals surface area contributed by atoms with Gasteiger partial charge in [0.15, 0.2) is 5.78 Å². The first kappa shape index (κ1) is 13.6. The molecule has 1 fully saturated rings. The van der Waals surface area contributed by atoms with Gasteiger partial charge in [-0.2, -0.15) is 0 Å².